The highest BCUT2D eigenvalue weighted by Crippen LogP contribution is 2.61. The first-order chi connectivity index (χ1) is 43.4. The molecule has 7 aromatic rings. The number of aliphatic imine (C=N–C) groups is 2. The van der Waals surface area contributed by atoms with Crippen LogP contribution in [0.4, 0.5) is 0 Å². The lowest BCUT2D eigenvalue weighted by Crippen LogP contribution is -2.46. The van der Waals surface area contributed by atoms with Gasteiger partial charge >= 0.3 is 23.9 Å². The zero-order valence-corrected chi connectivity index (χ0v) is 49.1. The van der Waals surface area contributed by atoms with E-state index in [2.05, 4.69) is 0 Å². The third-order valence-electron chi connectivity index (χ3n) is 16.0. The van der Waals surface area contributed by atoms with E-state index in [0.717, 1.165) is 34.0 Å². The number of ether oxygens (including phenoxy) is 4. The third-order valence-corrected chi connectivity index (χ3v) is 19.9. The zero-order valence-electron chi connectivity index (χ0n) is 46.7. The molecular formula is C70H42N6O10S3. The second-order valence-electron chi connectivity index (χ2n) is 21.1. The van der Waals surface area contributed by atoms with Crippen LogP contribution in [0.1, 0.15) is 68.8 Å². The summed E-state index contributed by atoms with van der Waals surface area (Å²) in [4.78, 5) is 104. The van der Waals surface area contributed by atoms with E-state index in [1.165, 1.54) is 12.2 Å². The van der Waals surface area contributed by atoms with Crippen LogP contribution < -0.4 is 0 Å². The maximum Gasteiger partial charge on any atom is 0.334 e. The number of thiophene rings is 3. The van der Waals surface area contributed by atoms with Crippen molar-refractivity contribution in [3.63, 3.8) is 0 Å². The number of carbonyl (C=O) groups is 6. The molecule has 16 nitrogen and oxygen atoms in total. The summed E-state index contributed by atoms with van der Waals surface area (Å²) < 4.78 is 26.5. The summed E-state index contributed by atoms with van der Waals surface area (Å²) in [6.45, 7) is -1.34. The molecule has 0 aliphatic heterocycles. The number of allylic oxidation sites excluding steroid dienone is 12. The van der Waals surface area contributed by atoms with Gasteiger partial charge in [-0.25, -0.2) is 9.98 Å². The Kier molecular flexibility index (Phi) is 14.9. The number of hydrogen-bond donors (Lipinski definition) is 0. The van der Waals surface area contributed by atoms with Crippen molar-refractivity contribution in [1.82, 2.24) is 0 Å². The molecule has 0 amide bonds. The van der Waals surface area contributed by atoms with E-state index in [1.807, 2.05) is 24.3 Å². The molecule has 2 saturated carbocycles. The summed E-state index contributed by atoms with van der Waals surface area (Å²) in [6.07, 6.45) is 11.8. The molecule has 0 spiro atoms. The largest absolute Gasteiger partial charge is 0.459 e. The van der Waals surface area contributed by atoms with E-state index in [9.17, 15) is 30.6 Å². The predicted molar refractivity (Wildman–Crippen MR) is 332 cm³/mol. The number of rotatable bonds is 14. The van der Waals surface area contributed by atoms with E-state index in [1.54, 1.807) is 146 Å². The van der Waals surface area contributed by atoms with Crippen LogP contribution in [0.2, 0.25) is 0 Å². The van der Waals surface area contributed by atoms with Crippen molar-refractivity contribution in [1.29, 1.82) is 21.0 Å². The van der Waals surface area contributed by atoms with Crippen molar-refractivity contribution in [2.24, 2.45) is 9.98 Å². The number of ketones is 2. The standard InChI is InChI=1S/C70H42N6O10S3/c71-31-43(32-72)53-45-25-13-15-27-47(45)59(77)57(53)75-51-29-49-55(69(51,65(79)83-35-39-17-5-1-6-18-39)66(80)84-36-40-19-7-2-8-20-40)61-63(87-49)64-62(89-61)56-50(88-64)30-52(76-58-54(44(33-73)34-74)46-26-14-16-28-48(46)60(58)78)70(56,67(81)85-37-41-21-9-3-10-22-41)68(82)86-38-42-23-11-4-12-24-42/h1-12,17-30H,13-16,35-38H2/b75-57-,76-58+. The van der Waals surface area contributed by atoms with Gasteiger partial charge in [-0.3, -0.25) is 28.8 Å². The number of hydrogen-bond acceptors (Lipinski definition) is 19. The highest BCUT2D eigenvalue weighted by Gasteiger charge is 2.63. The van der Waals surface area contributed by atoms with Crippen molar-refractivity contribution in [3.05, 3.63) is 245 Å². The van der Waals surface area contributed by atoms with E-state index in [4.69, 9.17) is 28.9 Å². The normalized spacial score (nSPS) is 17.3. The molecular weight excluding hydrogens is 1180 g/mol. The summed E-state index contributed by atoms with van der Waals surface area (Å²) in [5.74, 6) is -5.85. The third kappa shape index (κ3) is 9.35. The van der Waals surface area contributed by atoms with Gasteiger partial charge in [0.25, 0.3) is 0 Å². The summed E-state index contributed by atoms with van der Waals surface area (Å²) in [7, 11) is 0. The Labute approximate surface area is 519 Å². The fourth-order valence-electron chi connectivity index (χ4n) is 11.9. The van der Waals surface area contributed by atoms with Crippen molar-refractivity contribution < 1.29 is 47.7 Å². The molecule has 0 N–H and O–H groups in total. The van der Waals surface area contributed by atoms with Crippen LogP contribution in [-0.2, 0) is 85.0 Å². The van der Waals surface area contributed by atoms with Crippen molar-refractivity contribution in [2.45, 2.75) is 62.9 Å². The Bertz CT molecular complexity index is 4380. The molecule has 3 aromatic heterocycles. The number of carbonyl (C=O) groups excluding carboxylic acids is 6. The molecule has 2 fully saturated rings. The van der Waals surface area contributed by atoms with Gasteiger partial charge in [0.15, 0.2) is 0 Å². The average Bonchev–Trinajstić information content (AvgIpc) is 1.52. The van der Waals surface area contributed by atoms with Crippen LogP contribution in [0.25, 0.3) is 31.0 Å². The maximum absolute atomic E-state index is 15.9. The van der Waals surface area contributed by atoms with E-state index < -0.39 is 57.4 Å². The molecule has 6 aliphatic carbocycles. The Hall–Kier alpha value is -11.1. The highest BCUT2D eigenvalue weighted by molar-refractivity contribution is 7.39. The molecule has 6 aliphatic rings. The average molecular weight is 1220 g/mol. The number of nitrogens with zero attached hydrogens (tertiary/aromatic N) is 6. The van der Waals surface area contributed by atoms with Crippen LogP contribution in [0.5, 0.6) is 0 Å². The Morgan fingerprint density at radius 2 is 0.708 bits per heavy atom. The quantitative estimate of drug-likeness (QED) is 0.0424. The van der Waals surface area contributed by atoms with Crippen LogP contribution in [0, 0.1) is 45.3 Å². The van der Waals surface area contributed by atoms with Crippen LogP contribution in [-0.4, -0.2) is 46.9 Å². The summed E-state index contributed by atoms with van der Waals surface area (Å²) in [5, 5.41) is 41.5. The van der Waals surface area contributed by atoms with Crippen molar-refractivity contribution >= 4 is 112 Å². The molecule has 4 aromatic carbocycles. The number of esters is 4. The van der Waals surface area contributed by atoms with Gasteiger partial charge in [-0.1, -0.05) is 146 Å². The first-order valence-electron chi connectivity index (χ1n) is 28.0. The first-order valence-corrected chi connectivity index (χ1v) is 30.4. The molecule has 89 heavy (non-hydrogen) atoms. The maximum atomic E-state index is 15.9. The van der Waals surface area contributed by atoms with Gasteiger partial charge in [0.05, 0.1) is 30.2 Å². The van der Waals surface area contributed by atoms with Crippen molar-refractivity contribution in [2.75, 3.05) is 0 Å². The van der Waals surface area contributed by atoms with E-state index in [0.29, 0.717) is 87.6 Å². The molecule has 0 saturated heterocycles. The monoisotopic (exact) mass is 1220 g/mol. The topological polar surface area (TPSA) is 259 Å². The SMILES string of the molecule is N#CC(C#N)=C1C2=CCCC=C2C(=O)/C1=N\C1=Cc2sc3c(sc4c5c(sc43)C=C(/N=C3/C(=O)C4=CCCC=C4C3=C(C#N)C#N)C5(C(=O)OCc3ccccc3)C(=O)OCc3ccccc3)c2C1(C(=O)OCc1ccccc1)C(=O)OCc1ccccc1. The molecule has 19 heteroatoms. The zero-order chi connectivity index (χ0) is 61.6. The second-order valence-corrected chi connectivity index (χ2v) is 24.2. The lowest BCUT2D eigenvalue weighted by molar-refractivity contribution is -0.166. The minimum atomic E-state index is -2.65. The molecule has 0 radical (unpaired) electrons. The van der Waals surface area contributed by atoms with E-state index in [-0.39, 0.29) is 82.7 Å². The van der Waals surface area contributed by atoms with Gasteiger partial charge in [-0.2, -0.15) is 21.0 Å². The number of nitriles is 4. The fraction of sp³-hybridized carbons (Fsp3) is 0.143. The van der Waals surface area contributed by atoms with E-state index >= 15 is 19.2 Å². The Balaban J connectivity index is 1.07. The summed E-state index contributed by atoms with van der Waals surface area (Å²) in [5.41, 5.74) is -4.16. The number of fused-ring (bicyclic) bond motifs is 9. The van der Waals surface area contributed by atoms with Gasteiger partial charge in [-0.05, 0) is 71.2 Å². The summed E-state index contributed by atoms with van der Waals surface area (Å²) in [6, 6.07) is 42.6. The van der Waals surface area contributed by atoms with Gasteiger partial charge in [0.1, 0.15) is 73.3 Å². The number of benzene rings is 4. The predicted octanol–water partition coefficient (Wildman–Crippen LogP) is 12.4. The molecule has 0 unspecified atom stereocenters. The molecule has 0 bridgehead atoms. The van der Waals surface area contributed by atoms with Crippen LogP contribution in [0.3, 0.4) is 0 Å². The van der Waals surface area contributed by atoms with Gasteiger partial charge in [-0.15, -0.1) is 34.0 Å². The highest BCUT2D eigenvalue weighted by atomic mass is 32.1. The molecule has 0 atom stereocenters. The van der Waals surface area contributed by atoms with Gasteiger partial charge < -0.3 is 18.9 Å². The Morgan fingerprint density at radius 3 is 1.00 bits per heavy atom. The van der Waals surface area contributed by atoms with Crippen LogP contribution in [0.15, 0.2) is 212 Å². The lowest BCUT2D eigenvalue weighted by atomic mass is 9.80. The Morgan fingerprint density at radius 1 is 0.416 bits per heavy atom. The summed E-state index contributed by atoms with van der Waals surface area (Å²) >= 11 is 3.34. The van der Waals surface area contributed by atoms with Gasteiger partial charge in [0, 0.05) is 43.2 Å². The fourth-order valence-corrected chi connectivity index (χ4v) is 16.5. The minimum absolute atomic E-state index is 0.0501. The molecule has 13 rings (SSSR count). The molecule has 430 valence electrons. The second kappa shape index (κ2) is 23.3. The number of Topliss-reactive ketones (excluding diaryl/α,β-unsaturated/α-hetero) is 2. The first kappa shape index (κ1) is 57.0. The minimum Gasteiger partial charge on any atom is -0.459 e. The molecule has 3 heterocycles. The van der Waals surface area contributed by atoms with Crippen molar-refractivity contribution in [3.8, 4) is 24.3 Å². The van der Waals surface area contributed by atoms with Crippen LogP contribution >= 0.6 is 34.0 Å². The van der Waals surface area contributed by atoms with Gasteiger partial charge in [0.2, 0.25) is 22.4 Å². The lowest BCUT2D eigenvalue weighted by Gasteiger charge is -2.28. The smallest absolute Gasteiger partial charge is 0.334 e.